The van der Waals surface area contributed by atoms with Crippen molar-refractivity contribution in [3.05, 3.63) is 175 Å². The van der Waals surface area contributed by atoms with Crippen LogP contribution in [0, 0.1) is 0 Å². The number of fused-ring (bicyclic) bond motifs is 1. The molecule has 2 saturated heterocycles. The van der Waals surface area contributed by atoms with Crippen LogP contribution in [-0.4, -0.2) is 39.8 Å². The summed E-state index contributed by atoms with van der Waals surface area (Å²) in [6.45, 7) is 3.76. The second-order valence-corrected chi connectivity index (χ2v) is 13.4. The van der Waals surface area contributed by atoms with Crippen molar-refractivity contribution in [2.24, 2.45) is 0 Å². The van der Waals surface area contributed by atoms with Gasteiger partial charge in [-0.3, -0.25) is 9.36 Å². The molecule has 252 valence electrons. The predicted molar refractivity (Wildman–Crippen MR) is 187 cm³/mol. The van der Waals surface area contributed by atoms with Gasteiger partial charge in [0, 0.05) is 6.20 Å². The van der Waals surface area contributed by atoms with Crippen molar-refractivity contribution >= 4 is 15.9 Å². The maximum Gasteiger partial charge on any atom is 0.335 e. The van der Waals surface area contributed by atoms with E-state index in [1.165, 1.54) is 10.8 Å². The summed E-state index contributed by atoms with van der Waals surface area (Å²) in [4.78, 5) is 27.0. The maximum atomic E-state index is 13.9. The molecule has 5 aromatic rings. The van der Waals surface area contributed by atoms with E-state index in [1.807, 2.05) is 98.8 Å². The van der Waals surface area contributed by atoms with Gasteiger partial charge in [0.1, 0.15) is 30.6 Å². The highest BCUT2D eigenvalue weighted by Crippen LogP contribution is 2.45. The van der Waals surface area contributed by atoms with Crippen molar-refractivity contribution < 1.29 is 23.7 Å². The summed E-state index contributed by atoms with van der Waals surface area (Å²) in [7, 11) is 0. The molecule has 4 aromatic carbocycles. The normalized spacial score (nSPS) is 21.4. The van der Waals surface area contributed by atoms with E-state index in [1.54, 1.807) is 0 Å². The minimum atomic E-state index is -0.987. The molecule has 0 bridgehead atoms. The van der Waals surface area contributed by atoms with Crippen LogP contribution in [0.2, 0.25) is 0 Å². The first-order valence-corrected chi connectivity index (χ1v) is 17.0. The van der Waals surface area contributed by atoms with Crippen LogP contribution in [0.3, 0.4) is 0 Å². The van der Waals surface area contributed by atoms with Crippen LogP contribution in [-0.2, 0) is 42.6 Å². The standard InChI is InChI=1S/C39H37BrN2O7/c1-38(2)48-33-32(25-46-39(28-17-9-4-10-18-28,29-19-11-5-12-20-29)30-21-13-6-14-22-30)47-36(34(33)49-38)41-23-31(40)35(43)42(37(41)44)26-45-24-27-15-7-3-8-16-27/h3-23,32-34,36H,24-26H2,1-2H3/t32-,33-,34-,36-/m1/s1. The number of rotatable bonds is 11. The van der Waals surface area contributed by atoms with E-state index in [4.69, 9.17) is 23.7 Å². The van der Waals surface area contributed by atoms with E-state index < -0.39 is 47.2 Å². The lowest BCUT2D eigenvalue weighted by atomic mass is 9.80. The molecule has 4 atom stereocenters. The molecule has 0 unspecified atom stereocenters. The average Bonchev–Trinajstić information content (AvgIpc) is 3.62. The first-order chi connectivity index (χ1) is 23.8. The molecular formula is C39H37BrN2O7. The van der Waals surface area contributed by atoms with Crippen LogP contribution < -0.4 is 11.2 Å². The van der Waals surface area contributed by atoms with E-state index in [0.29, 0.717) is 0 Å². The van der Waals surface area contributed by atoms with Gasteiger partial charge in [0.2, 0.25) is 0 Å². The van der Waals surface area contributed by atoms with Gasteiger partial charge in [-0.2, -0.15) is 0 Å². The van der Waals surface area contributed by atoms with Gasteiger partial charge in [-0.15, -0.1) is 0 Å². The van der Waals surface area contributed by atoms with Crippen LogP contribution in [0.5, 0.6) is 0 Å². The van der Waals surface area contributed by atoms with E-state index in [0.717, 1.165) is 26.8 Å². The first kappa shape index (κ1) is 33.3. The number of ether oxygens (including phenoxy) is 5. The summed E-state index contributed by atoms with van der Waals surface area (Å²) in [5, 5.41) is 0. The monoisotopic (exact) mass is 724 g/mol. The third-order valence-corrected chi connectivity index (χ3v) is 9.43. The summed E-state index contributed by atoms with van der Waals surface area (Å²) in [6.07, 6.45) is -1.33. The number of aromatic nitrogens is 2. The fourth-order valence-electron chi connectivity index (χ4n) is 6.71. The lowest BCUT2D eigenvalue weighted by molar-refractivity contribution is -0.206. The lowest BCUT2D eigenvalue weighted by Gasteiger charge is -2.37. The Kier molecular flexibility index (Phi) is 9.52. The molecule has 0 spiro atoms. The Hall–Kier alpha value is -4.16. The van der Waals surface area contributed by atoms with Gasteiger partial charge >= 0.3 is 5.69 Å². The van der Waals surface area contributed by atoms with Crippen LogP contribution >= 0.6 is 15.9 Å². The van der Waals surface area contributed by atoms with Gasteiger partial charge in [-0.05, 0) is 52.0 Å². The largest absolute Gasteiger partial charge is 0.358 e. The molecule has 1 aromatic heterocycles. The van der Waals surface area contributed by atoms with E-state index >= 15 is 0 Å². The highest BCUT2D eigenvalue weighted by atomic mass is 79.9. The van der Waals surface area contributed by atoms with E-state index in [9.17, 15) is 9.59 Å². The number of benzene rings is 4. The molecule has 10 heteroatoms. The van der Waals surface area contributed by atoms with Gasteiger partial charge < -0.3 is 23.7 Å². The predicted octanol–water partition coefficient (Wildman–Crippen LogP) is 6.37. The van der Waals surface area contributed by atoms with E-state index in [-0.39, 0.29) is 24.4 Å². The fraction of sp³-hybridized carbons (Fsp3) is 0.282. The number of hydrogen-bond acceptors (Lipinski definition) is 7. The van der Waals surface area contributed by atoms with Crippen molar-refractivity contribution in [2.45, 2.75) is 63.1 Å². The van der Waals surface area contributed by atoms with Crippen molar-refractivity contribution in [3.8, 4) is 0 Å². The second kappa shape index (κ2) is 14.0. The van der Waals surface area contributed by atoms with Crippen LogP contribution in [0.1, 0.15) is 42.3 Å². The molecule has 2 aliphatic rings. The quantitative estimate of drug-likeness (QED) is 0.146. The smallest absolute Gasteiger partial charge is 0.335 e. The van der Waals surface area contributed by atoms with E-state index in [2.05, 4.69) is 52.3 Å². The van der Waals surface area contributed by atoms with Gasteiger partial charge in [0.05, 0.1) is 17.7 Å². The van der Waals surface area contributed by atoms with Gasteiger partial charge in [0.15, 0.2) is 12.0 Å². The summed E-state index contributed by atoms with van der Waals surface area (Å²) < 4.78 is 34.9. The Balaban J connectivity index is 1.22. The Labute approximate surface area is 292 Å². The highest BCUT2D eigenvalue weighted by Gasteiger charge is 2.57. The van der Waals surface area contributed by atoms with Crippen LogP contribution in [0.4, 0.5) is 0 Å². The summed E-state index contributed by atoms with van der Waals surface area (Å²) in [5.41, 5.74) is 1.68. The molecule has 0 radical (unpaired) electrons. The third-order valence-electron chi connectivity index (χ3n) is 8.89. The zero-order chi connectivity index (χ0) is 34.0. The topological polar surface area (TPSA) is 90.2 Å². The fourth-order valence-corrected chi connectivity index (χ4v) is 7.14. The molecule has 49 heavy (non-hydrogen) atoms. The SMILES string of the molecule is CC1(C)O[C@@H]2[C@H](O1)[C@@H](COC(c1ccccc1)(c1ccccc1)c1ccccc1)O[C@H]2n1cc(Br)c(=O)n(COCc2ccccc2)c1=O. The molecule has 0 amide bonds. The maximum absolute atomic E-state index is 13.9. The van der Waals surface area contributed by atoms with Crippen molar-refractivity contribution in [2.75, 3.05) is 6.61 Å². The molecule has 9 nitrogen and oxygen atoms in total. The van der Waals surface area contributed by atoms with Gasteiger partial charge in [-0.1, -0.05) is 121 Å². The number of halogens is 1. The first-order valence-electron chi connectivity index (χ1n) is 16.2. The van der Waals surface area contributed by atoms with Crippen LogP contribution in [0.15, 0.2) is 142 Å². The molecule has 0 aliphatic carbocycles. The minimum Gasteiger partial charge on any atom is -0.358 e. The molecule has 3 heterocycles. The molecule has 0 N–H and O–H groups in total. The summed E-state index contributed by atoms with van der Waals surface area (Å²) in [5.74, 6) is -0.945. The minimum absolute atomic E-state index is 0.103. The molecule has 2 fully saturated rings. The van der Waals surface area contributed by atoms with Crippen molar-refractivity contribution in [1.82, 2.24) is 9.13 Å². The number of nitrogens with zero attached hydrogens (tertiary/aromatic N) is 2. The third kappa shape index (κ3) is 6.60. The zero-order valence-electron chi connectivity index (χ0n) is 27.2. The summed E-state index contributed by atoms with van der Waals surface area (Å²) >= 11 is 3.36. The Bertz CT molecular complexity index is 1890. The van der Waals surface area contributed by atoms with Crippen molar-refractivity contribution in [1.29, 1.82) is 0 Å². The average molecular weight is 726 g/mol. The zero-order valence-corrected chi connectivity index (χ0v) is 28.8. The Morgan fingerprint density at radius 3 is 1.82 bits per heavy atom. The summed E-state index contributed by atoms with van der Waals surface area (Å²) in [6, 6.07) is 39.8. The molecule has 7 rings (SSSR count). The highest BCUT2D eigenvalue weighted by molar-refractivity contribution is 9.10. The number of hydrogen-bond donors (Lipinski definition) is 0. The van der Waals surface area contributed by atoms with Crippen molar-refractivity contribution in [3.63, 3.8) is 0 Å². The molecule has 0 saturated carbocycles. The molecular weight excluding hydrogens is 688 g/mol. The lowest BCUT2D eigenvalue weighted by Crippen LogP contribution is -2.44. The van der Waals surface area contributed by atoms with Gasteiger partial charge in [-0.25, -0.2) is 9.36 Å². The van der Waals surface area contributed by atoms with Gasteiger partial charge in [0.25, 0.3) is 5.56 Å². The molecule has 2 aliphatic heterocycles. The second-order valence-electron chi connectivity index (χ2n) is 12.6. The Morgan fingerprint density at radius 2 is 1.27 bits per heavy atom. The van der Waals surface area contributed by atoms with Crippen LogP contribution in [0.25, 0.3) is 0 Å². The Morgan fingerprint density at radius 1 is 0.755 bits per heavy atom.